The molecule has 2 aromatic carbocycles. The van der Waals surface area contributed by atoms with Crippen LogP contribution >= 0.6 is 0 Å². The SMILES string of the molecule is CNCc1ccc(OCC(=O)OC(C)(C)C)c(-c2cccc(S(=O)NC)c2)c1. The minimum atomic E-state index is -1.29. The predicted molar refractivity (Wildman–Crippen MR) is 111 cm³/mol. The van der Waals surface area contributed by atoms with E-state index in [1.165, 1.54) is 0 Å². The van der Waals surface area contributed by atoms with Crippen LogP contribution in [0.25, 0.3) is 11.1 Å². The zero-order valence-corrected chi connectivity index (χ0v) is 17.8. The Balaban J connectivity index is 2.34. The molecule has 0 aliphatic rings. The molecule has 0 bridgehead atoms. The topological polar surface area (TPSA) is 76.7 Å². The lowest BCUT2D eigenvalue weighted by Crippen LogP contribution is -2.27. The number of rotatable bonds is 8. The second kappa shape index (κ2) is 9.82. The summed E-state index contributed by atoms with van der Waals surface area (Å²) in [4.78, 5) is 12.7. The van der Waals surface area contributed by atoms with Gasteiger partial charge >= 0.3 is 5.97 Å². The van der Waals surface area contributed by atoms with Crippen molar-refractivity contribution in [3.8, 4) is 16.9 Å². The van der Waals surface area contributed by atoms with Gasteiger partial charge in [0.05, 0.1) is 4.90 Å². The molecule has 6 nitrogen and oxygen atoms in total. The van der Waals surface area contributed by atoms with Gasteiger partial charge in [-0.2, -0.15) is 0 Å². The van der Waals surface area contributed by atoms with Crippen molar-refractivity contribution in [2.45, 2.75) is 37.8 Å². The molecule has 0 aliphatic carbocycles. The number of ether oxygens (including phenoxy) is 2. The molecule has 0 aromatic heterocycles. The number of carbonyl (C=O) groups is 1. The van der Waals surface area contributed by atoms with Crippen molar-refractivity contribution in [1.82, 2.24) is 10.0 Å². The maximum atomic E-state index is 12.1. The maximum absolute atomic E-state index is 12.1. The molecule has 1 unspecified atom stereocenters. The van der Waals surface area contributed by atoms with Gasteiger partial charge in [0, 0.05) is 12.1 Å². The summed E-state index contributed by atoms with van der Waals surface area (Å²) in [5.74, 6) is 0.140. The van der Waals surface area contributed by atoms with Gasteiger partial charge in [-0.05, 0) is 70.3 Å². The lowest BCUT2D eigenvalue weighted by molar-refractivity contribution is -0.157. The Morgan fingerprint density at radius 1 is 1.11 bits per heavy atom. The average Bonchev–Trinajstić information content (AvgIpc) is 2.65. The summed E-state index contributed by atoms with van der Waals surface area (Å²) < 4.78 is 25.9. The highest BCUT2D eigenvalue weighted by Gasteiger charge is 2.18. The third-order valence-corrected chi connectivity index (χ3v) is 4.79. The van der Waals surface area contributed by atoms with Crippen LogP contribution in [0.15, 0.2) is 47.4 Å². The van der Waals surface area contributed by atoms with E-state index < -0.39 is 22.6 Å². The Kier molecular flexibility index (Phi) is 7.74. The van der Waals surface area contributed by atoms with E-state index in [4.69, 9.17) is 9.47 Å². The molecule has 0 amide bonds. The number of benzene rings is 2. The molecular weight excluding hydrogens is 376 g/mol. The van der Waals surface area contributed by atoms with Gasteiger partial charge in [0.25, 0.3) is 0 Å². The average molecular weight is 405 g/mol. The smallest absolute Gasteiger partial charge is 0.344 e. The number of hydrogen-bond acceptors (Lipinski definition) is 5. The Bertz CT molecular complexity index is 847. The van der Waals surface area contributed by atoms with E-state index in [-0.39, 0.29) is 6.61 Å². The van der Waals surface area contributed by atoms with Crippen molar-refractivity contribution in [3.05, 3.63) is 48.0 Å². The normalized spacial score (nSPS) is 12.5. The Morgan fingerprint density at radius 3 is 2.50 bits per heavy atom. The van der Waals surface area contributed by atoms with Gasteiger partial charge in [-0.25, -0.2) is 13.7 Å². The van der Waals surface area contributed by atoms with Crippen LogP contribution in [0, 0.1) is 0 Å². The van der Waals surface area contributed by atoms with E-state index in [0.717, 1.165) is 16.7 Å². The Morgan fingerprint density at radius 2 is 1.86 bits per heavy atom. The molecule has 0 heterocycles. The van der Waals surface area contributed by atoms with Crippen LogP contribution in [0.5, 0.6) is 5.75 Å². The summed E-state index contributed by atoms with van der Waals surface area (Å²) >= 11 is 0. The van der Waals surface area contributed by atoms with E-state index in [1.54, 1.807) is 13.1 Å². The molecule has 0 aliphatic heterocycles. The number of hydrogen-bond donors (Lipinski definition) is 2. The van der Waals surface area contributed by atoms with Crippen LogP contribution < -0.4 is 14.8 Å². The van der Waals surface area contributed by atoms with Crippen LogP contribution in [-0.2, 0) is 27.1 Å². The number of esters is 1. The molecule has 0 saturated carbocycles. The van der Waals surface area contributed by atoms with Crippen molar-refractivity contribution in [2.75, 3.05) is 20.7 Å². The Hall–Kier alpha value is -2.22. The summed E-state index contributed by atoms with van der Waals surface area (Å²) in [6.07, 6.45) is 0. The molecule has 2 rings (SSSR count). The van der Waals surface area contributed by atoms with Gasteiger partial charge in [0.15, 0.2) is 6.61 Å². The molecule has 0 spiro atoms. The summed E-state index contributed by atoms with van der Waals surface area (Å²) in [5, 5.41) is 3.12. The molecular formula is C21H28N2O4S. The molecule has 28 heavy (non-hydrogen) atoms. The van der Waals surface area contributed by atoms with Gasteiger partial charge < -0.3 is 14.8 Å². The number of nitrogens with one attached hydrogen (secondary N) is 2. The van der Waals surface area contributed by atoms with Crippen LogP contribution in [0.2, 0.25) is 0 Å². The minimum Gasteiger partial charge on any atom is -0.481 e. The predicted octanol–water partition coefficient (Wildman–Crippen LogP) is 3.04. The van der Waals surface area contributed by atoms with E-state index in [0.29, 0.717) is 17.2 Å². The van der Waals surface area contributed by atoms with Crippen LogP contribution in [0.3, 0.4) is 0 Å². The Labute approximate surface area is 169 Å². The highest BCUT2D eigenvalue weighted by molar-refractivity contribution is 7.83. The maximum Gasteiger partial charge on any atom is 0.344 e. The fourth-order valence-corrected chi connectivity index (χ4v) is 3.32. The third kappa shape index (κ3) is 6.44. The summed E-state index contributed by atoms with van der Waals surface area (Å²) in [6, 6.07) is 13.2. The standard InChI is InChI=1S/C21H28N2O4S/c1-21(2,3)27-20(24)14-26-19-10-9-15(13-22-4)11-18(19)16-7-6-8-17(12-16)28(25)23-5/h6-12,22-23H,13-14H2,1-5H3. The van der Waals surface area contributed by atoms with E-state index in [1.807, 2.05) is 64.2 Å². The lowest BCUT2D eigenvalue weighted by Gasteiger charge is -2.20. The van der Waals surface area contributed by atoms with Crippen molar-refractivity contribution >= 4 is 17.0 Å². The summed E-state index contributed by atoms with van der Waals surface area (Å²) in [6.45, 7) is 5.96. The van der Waals surface area contributed by atoms with Gasteiger partial charge in [-0.15, -0.1) is 0 Å². The van der Waals surface area contributed by atoms with Crippen LogP contribution in [0.4, 0.5) is 0 Å². The highest BCUT2D eigenvalue weighted by atomic mass is 32.2. The molecule has 2 N–H and O–H groups in total. The molecule has 7 heteroatoms. The first kappa shape index (κ1) is 22.1. The zero-order valence-electron chi connectivity index (χ0n) is 17.0. The molecule has 0 fully saturated rings. The minimum absolute atomic E-state index is 0.183. The fraction of sp³-hybridized carbons (Fsp3) is 0.381. The van der Waals surface area contributed by atoms with E-state index in [2.05, 4.69) is 10.0 Å². The largest absolute Gasteiger partial charge is 0.481 e. The first-order valence-corrected chi connectivity index (χ1v) is 10.2. The molecule has 1 atom stereocenters. The van der Waals surface area contributed by atoms with Gasteiger partial charge in [-0.1, -0.05) is 18.2 Å². The second-order valence-corrected chi connectivity index (χ2v) is 8.65. The second-order valence-electron chi connectivity index (χ2n) is 7.24. The van der Waals surface area contributed by atoms with Crippen molar-refractivity contribution in [1.29, 1.82) is 0 Å². The van der Waals surface area contributed by atoms with Crippen molar-refractivity contribution in [3.63, 3.8) is 0 Å². The van der Waals surface area contributed by atoms with Crippen molar-refractivity contribution < 1.29 is 18.5 Å². The molecule has 0 saturated heterocycles. The quantitative estimate of drug-likeness (QED) is 0.662. The molecule has 2 aromatic rings. The van der Waals surface area contributed by atoms with E-state index in [9.17, 15) is 9.00 Å². The van der Waals surface area contributed by atoms with E-state index >= 15 is 0 Å². The molecule has 0 radical (unpaired) electrons. The summed E-state index contributed by atoms with van der Waals surface area (Å²) in [7, 11) is 2.23. The third-order valence-electron chi connectivity index (χ3n) is 3.73. The van der Waals surface area contributed by atoms with Crippen molar-refractivity contribution in [2.24, 2.45) is 0 Å². The van der Waals surface area contributed by atoms with Gasteiger partial charge in [-0.3, -0.25) is 0 Å². The first-order chi connectivity index (χ1) is 13.2. The van der Waals surface area contributed by atoms with Crippen LogP contribution in [-0.4, -0.2) is 36.5 Å². The van der Waals surface area contributed by atoms with Crippen LogP contribution in [0.1, 0.15) is 26.3 Å². The summed E-state index contributed by atoms with van der Waals surface area (Å²) in [5.41, 5.74) is 2.19. The highest BCUT2D eigenvalue weighted by Crippen LogP contribution is 2.32. The number of carbonyl (C=O) groups excluding carboxylic acids is 1. The molecule has 152 valence electrons. The zero-order chi connectivity index (χ0) is 20.7. The first-order valence-electron chi connectivity index (χ1n) is 9.05. The monoisotopic (exact) mass is 404 g/mol. The fourth-order valence-electron chi connectivity index (χ4n) is 2.65. The lowest BCUT2D eigenvalue weighted by atomic mass is 10.0. The van der Waals surface area contributed by atoms with Gasteiger partial charge in [0.2, 0.25) is 0 Å². The van der Waals surface area contributed by atoms with Gasteiger partial charge in [0.1, 0.15) is 22.3 Å².